The molecule has 0 aliphatic carbocycles. The highest BCUT2D eigenvalue weighted by Gasteiger charge is 2.29. The van der Waals surface area contributed by atoms with E-state index >= 15 is 0 Å². The maximum Gasteiger partial charge on any atom is 0.359 e. The van der Waals surface area contributed by atoms with Crippen molar-refractivity contribution in [3.8, 4) is 16.9 Å². The van der Waals surface area contributed by atoms with Crippen LogP contribution in [0, 0.1) is 0 Å². The Kier molecular flexibility index (Phi) is 5.84. The van der Waals surface area contributed by atoms with Gasteiger partial charge in [0.15, 0.2) is 5.69 Å². The molecule has 0 bridgehead atoms. The molecule has 2 heterocycles. The van der Waals surface area contributed by atoms with E-state index in [9.17, 15) is 9.00 Å². The number of nitrogens with one attached hydrogen (secondary N) is 1. The zero-order valence-electron chi connectivity index (χ0n) is 16.2. The Morgan fingerprint density at radius 3 is 2.72 bits per heavy atom. The monoisotopic (exact) mass is 427 g/mol. The molecule has 1 unspecified atom stereocenters. The summed E-state index contributed by atoms with van der Waals surface area (Å²) in [5.41, 5.74) is 5.15. The lowest BCUT2D eigenvalue weighted by Crippen LogP contribution is -2.14. The van der Waals surface area contributed by atoms with Gasteiger partial charge in [-0.1, -0.05) is 30.3 Å². The summed E-state index contributed by atoms with van der Waals surface area (Å²) in [6, 6.07) is 16.0. The molecule has 3 aromatic rings. The molecule has 0 fully saturated rings. The van der Waals surface area contributed by atoms with Crippen molar-refractivity contribution in [3.05, 3.63) is 65.4 Å². The minimum absolute atomic E-state index is 0.310. The lowest BCUT2D eigenvalue weighted by Gasteiger charge is -2.18. The number of carbonyl (C=O) groups excluding carboxylic acids is 1. The van der Waals surface area contributed by atoms with Crippen molar-refractivity contribution in [2.75, 3.05) is 12.9 Å². The van der Waals surface area contributed by atoms with Crippen molar-refractivity contribution >= 4 is 28.7 Å². The number of fused-ring (bicyclic) bond motifs is 3. The summed E-state index contributed by atoms with van der Waals surface area (Å²) in [7, 11) is -1.06. The molecule has 0 saturated heterocycles. The van der Waals surface area contributed by atoms with Gasteiger partial charge in [-0.15, -0.1) is 11.8 Å². The first-order chi connectivity index (χ1) is 14.1. The van der Waals surface area contributed by atoms with Crippen molar-refractivity contribution in [2.45, 2.75) is 24.1 Å². The number of hydrogen-bond donors (Lipinski definition) is 1. The fourth-order valence-electron chi connectivity index (χ4n) is 3.29. The van der Waals surface area contributed by atoms with E-state index in [1.165, 1.54) is 4.90 Å². The number of benzene rings is 2. The lowest BCUT2D eigenvalue weighted by molar-refractivity contribution is 0.0518. The molecule has 150 valence electrons. The molecule has 0 amide bonds. The predicted molar refractivity (Wildman–Crippen MR) is 115 cm³/mol. The van der Waals surface area contributed by atoms with E-state index in [0.717, 1.165) is 28.1 Å². The molecule has 8 heteroatoms. The van der Waals surface area contributed by atoms with Crippen LogP contribution in [0.1, 0.15) is 28.5 Å². The lowest BCUT2D eigenvalue weighted by atomic mass is 10.1. The third-order valence-corrected chi connectivity index (χ3v) is 6.28. The molecule has 1 aliphatic rings. The molecule has 0 saturated carbocycles. The average Bonchev–Trinajstić information content (AvgIpc) is 3.13. The second kappa shape index (κ2) is 8.52. The number of rotatable bonds is 6. The number of esters is 1. The second-order valence-electron chi connectivity index (χ2n) is 6.53. The summed E-state index contributed by atoms with van der Waals surface area (Å²) in [5, 5.41) is 4.65. The molecule has 0 spiro atoms. The summed E-state index contributed by atoms with van der Waals surface area (Å²) in [4.78, 5) is 13.7. The van der Waals surface area contributed by atoms with Gasteiger partial charge in [-0.3, -0.25) is 0 Å². The Morgan fingerprint density at radius 2 is 2.00 bits per heavy atom. The van der Waals surface area contributed by atoms with Crippen molar-refractivity contribution < 1.29 is 13.7 Å². The smallest absolute Gasteiger partial charge is 0.359 e. The number of nitrogens with zero attached hydrogens (tertiary/aromatic N) is 2. The van der Waals surface area contributed by atoms with Crippen LogP contribution in [0.15, 0.2) is 53.4 Å². The summed E-state index contributed by atoms with van der Waals surface area (Å²) in [5.74, 6) is 0.277. The van der Waals surface area contributed by atoms with Gasteiger partial charge >= 0.3 is 5.97 Å². The summed E-state index contributed by atoms with van der Waals surface area (Å²) in [6.45, 7) is 2.63. The Bertz CT molecular complexity index is 1080. The molecule has 4 rings (SSSR count). The quantitative estimate of drug-likeness (QED) is 0.607. The number of carbonyl (C=O) groups is 1. The molecular weight excluding hydrogens is 406 g/mol. The zero-order chi connectivity index (χ0) is 20.4. The zero-order valence-corrected chi connectivity index (χ0v) is 17.8. The highest BCUT2D eigenvalue weighted by molar-refractivity contribution is 7.98. The van der Waals surface area contributed by atoms with Crippen LogP contribution >= 0.6 is 11.8 Å². The van der Waals surface area contributed by atoms with E-state index in [-0.39, 0.29) is 0 Å². The molecule has 1 aromatic heterocycles. The van der Waals surface area contributed by atoms with Gasteiger partial charge in [0.05, 0.1) is 29.0 Å². The Morgan fingerprint density at radius 1 is 1.24 bits per heavy atom. The van der Waals surface area contributed by atoms with Crippen molar-refractivity contribution in [1.29, 1.82) is 0 Å². The largest absolute Gasteiger partial charge is 0.461 e. The Hall–Kier alpha value is -2.42. The average molecular weight is 428 g/mol. The number of thioether (sulfide) groups is 1. The topological polar surface area (TPSA) is 73.2 Å². The number of aromatic nitrogens is 2. The fourth-order valence-corrected chi connectivity index (χ4v) is 4.73. The van der Waals surface area contributed by atoms with Crippen molar-refractivity contribution in [3.63, 3.8) is 0 Å². The van der Waals surface area contributed by atoms with E-state index in [1.807, 2.05) is 41.1 Å². The van der Waals surface area contributed by atoms with Gasteiger partial charge in [-0.05, 0) is 30.7 Å². The second-order valence-corrected chi connectivity index (χ2v) is 8.75. The molecular formula is C21H21N3O3S2. The summed E-state index contributed by atoms with van der Waals surface area (Å²) >= 11 is 1.70. The summed E-state index contributed by atoms with van der Waals surface area (Å²) < 4.78 is 21.2. The first kappa shape index (κ1) is 19.9. The molecule has 29 heavy (non-hydrogen) atoms. The van der Waals surface area contributed by atoms with Gasteiger partial charge in [0.2, 0.25) is 0 Å². The van der Waals surface area contributed by atoms with Crippen LogP contribution in [0.4, 0.5) is 0 Å². The molecule has 2 aromatic carbocycles. The van der Waals surface area contributed by atoms with Crippen molar-refractivity contribution in [1.82, 2.24) is 14.5 Å². The van der Waals surface area contributed by atoms with Gasteiger partial charge in [-0.25, -0.2) is 18.4 Å². The molecule has 0 radical (unpaired) electrons. The standard InChI is InChI=1S/C21H21N3O3S2/c1-3-27-21(25)19-17-13-28-18-7-5-4-6-16(18)20(17)24(23-19)15-10-8-14(9-11-15)12-22-29(2)26/h4-11,22H,3,12-13H2,1-2H3. The SMILES string of the molecule is CCOC(=O)c1nn(-c2ccc(CNS(C)=O)cc2)c2c1CSc1ccccc1-2. The van der Waals surface area contributed by atoms with E-state index in [4.69, 9.17) is 4.74 Å². The van der Waals surface area contributed by atoms with Crippen LogP contribution in [0.5, 0.6) is 0 Å². The minimum atomic E-state index is -1.06. The van der Waals surface area contributed by atoms with Crippen LogP contribution in [-0.2, 0) is 28.0 Å². The van der Waals surface area contributed by atoms with E-state index < -0.39 is 17.0 Å². The van der Waals surface area contributed by atoms with E-state index in [0.29, 0.717) is 24.6 Å². The van der Waals surface area contributed by atoms with Gasteiger partial charge in [0.1, 0.15) is 0 Å². The third-order valence-electron chi connectivity index (χ3n) is 4.63. The van der Waals surface area contributed by atoms with Gasteiger partial charge in [-0.2, -0.15) is 5.10 Å². The van der Waals surface area contributed by atoms with Crippen LogP contribution in [0.2, 0.25) is 0 Å². The van der Waals surface area contributed by atoms with E-state index in [2.05, 4.69) is 22.0 Å². The number of hydrogen-bond acceptors (Lipinski definition) is 5. The highest BCUT2D eigenvalue weighted by Crippen LogP contribution is 2.43. The van der Waals surface area contributed by atoms with Gasteiger partial charge in [0.25, 0.3) is 0 Å². The maximum atomic E-state index is 12.5. The Balaban J connectivity index is 1.80. The highest BCUT2D eigenvalue weighted by atomic mass is 32.2. The van der Waals surface area contributed by atoms with Crippen LogP contribution < -0.4 is 4.72 Å². The van der Waals surface area contributed by atoms with Crippen LogP contribution in [0.3, 0.4) is 0 Å². The van der Waals surface area contributed by atoms with Crippen molar-refractivity contribution in [2.24, 2.45) is 0 Å². The Labute approximate surface area is 176 Å². The minimum Gasteiger partial charge on any atom is -0.461 e. The van der Waals surface area contributed by atoms with Gasteiger partial charge in [0, 0.05) is 34.6 Å². The molecule has 6 nitrogen and oxygen atoms in total. The molecule has 1 atom stereocenters. The summed E-state index contributed by atoms with van der Waals surface area (Å²) in [6.07, 6.45) is 1.61. The van der Waals surface area contributed by atoms with Crippen LogP contribution in [0.25, 0.3) is 16.9 Å². The third kappa shape index (κ3) is 4.01. The maximum absolute atomic E-state index is 12.5. The van der Waals surface area contributed by atoms with E-state index in [1.54, 1.807) is 24.9 Å². The first-order valence-corrected chi connectivity index (χ1v) is 11.8. The molecule has 1 aliphatic heterocycles. The normalized spacial score (nSPS) is 13.4. The van der Waals surface area contributed by atoms with Crippen LogP contribution in [-0.4, -0.2) is 32.8 Å². The fraction of sp³-hybridized carbons (Fsp3) is 0.238. The molecule has 1 N–H and O–H groups in total. The van der Waals surface area contributed by atoms with Gasteiger partial charge < -0.3 is 4.74 Å². The predicted octanol–water partition coefficient (Wildman–Crippen LogP) is 3.70. The first-order valence-electron chi connectivity index (χ1n) is 9.26. The number of ether oxygens (including phenoxy) is 1.